The highest BCUT2D eigenvalue weighted by Crippen LogP contribution is 2.11. The average molecular weight is 473 g/mol. The number of rotatable bonds is 9. The van der Waals surface area contributed by atoms with Crippen LogP contribution in [0.1, 0.15) is 32.1 Å². The van der Waals surface area contributed by atoms with E-state index in [0.717, 1.165) is 38.6 Å². The minimum Gasteiger partial charge on any atom is -0.375 e. The summed E-state index contributed by atoms with van der Waals surface area (Å²) in [5.74, 6) is 0.924. The monoisotopic (exact) mass is 473 g/mol. The topological polar surface area (TPSA) is 42.9 Å². The Balaban J connectivity index is 0.00000338. The van der Waals surface area contributed by atoms with Crippen molar-refractivity contribution in [2.24, 2.45) is 4.99 Å². The van der Waals surface area contributed by atoms with Crippen molar-refractivity contribution in [1.29, 1.82) is 0 Å². The lowest BCUT2D eigenvalue weighted by atomic mass is 10.1. The largest absolute Gasteiger partial charge is 0.375 e. The number of hydrogen-bond donors (Lipinski definition) is 2. The number of likely N-dealkylation sites (tertiary alicyclic amines) is 1. The predicted molar refractivity (Wildman–Crippen MR) is 124 cm³/mol. The van der Waals surface area contributed by atoms with Gasteiger partial charge < -0.3 is 20.4 Å². The summed E-state index contributed by atoms with van der Waals surface area (Å²) in [6.45, 7) is 6.63. The lowest BCUT2D eigenvalue weighted by Gasteiger charge is -2.26. The zero-order chi connectivity index (χ0) is 17.7. The van der Waals surface area contributed by atoms with Crippen molar-refractivity contribution in [2.45, 2.75) is 32.1 Å². The molecular weight excluding hydrogens is 437 g/mol. The number of piperidine rings is 1. The van der Waals surface area contributed by atoms with Gasteiger partial charge in [0.1, 0.15) is 0 Å². The molecule has 0 aromatic heterocycles. The normalized spacial score (nSPS) is 15.2. The Morgan fingerprint density at radius 3 is 2.42 bits per heavy atom. The van der Waals surface area contributed by atoms with Crippen LogP contribution in [0.25, 0.3) is 0 Å². The summed E-state index contributed by atoms with van der Waals surface area (Å²) in [6.07, 6.45) is 6.41. The van der Waals surface area contributed by atoms with Gasteiger partial charge in [-0.05, 0) is 50.9 Å². The molecule has 0 amide bonds. The van der Waals surface area contributed by atoms with Crippen LogP contribution in [0.15, 0.2) is 35.3 Å². The van der Waals surface area contributed by atoms with Crippen LogP contribution in [0.4, 0.5) is 5.69 Å². The second kappa shape index (κ2) is 14.1. The van der Waals surface area contributed by atoms with Gasteiger partial charge >= 0.3 is 0 Å². The molecule has 1 heterocycles. The molecule has 0 bridgehead atoms. The molecule has 1 aromatic carbocycles. The lowest BCUT2D eigenvalue weighted by Crippen LogP contribution is -2.43. The van der Waals surface area contributed by atoms with E-state index in [1.54, 1.807) is 0 Å². The molecule has 0 atom stereocenters. The van der Waals surface area contributed by atoms with Crippen molar-refractivity contribution in [3.63, 3.8) is 0 Å². The third kappa shape index (κ3) is 9.07. The number of hydrogen-bond acceptors (Lipinski definition) is 3. The number of anilines is 1. The number of para-hydroxylation sites is 1. The molecular formula is C20H36IN5. The molecule has 148 valence electrons. The van der Waals surface area contributed by atoms with Crippen molar-refractivity contribution in [3.8, 4) is 0 Å². The van der Waals surface area contributed by atoms with E-state index in [-0.39, 0.29) is 24.0 Å². The molecule has 26 heavy (non-hydrogen) atoms. The van der Waals surface area contributed by atoms with Gasteiger partial charge in [-0.15, -0.1) is 24.0 Å². The van der Waals surface area contributed by atoms with E-state index in [1.165, 1.54) is 44.5 Å². The minimum atomic E-state index is 0. The van der Waals surface area contributed by atoms with E-state index in [1.807, 2.05) is 7.05 Å². The maximum absolute atomic E-state index is 4.32. The Hall–Kier alpha value is -1.02. The summed E-state index contributed by atoms with van der Waals surface area (Å²) in [5, 5.41) is 6.85. The summed E-state index contributed by atoms with van der Waals surface area (Å²) in [6, 6.07) is 10.6. The van der Waals surface area contributed by atoms with Crippen molar-refractivity contribution >= 4 is 35.6 Å². The van der Waals surface area contributed by atoms with E-state index in [9.17, 15) is 0 Å². The van der Waals surface area contributed by atoms with Crippen LogP contribution in [0.3, 0.4) is 0 Å². The Labute approximate surface area is 176 Å². The molecule has 0 aliphatic carbocycles. The van der Waals surface area contributed by atoms with Crippen molar-refractivity contribution in [1.82, 2.24) is 15.5 Å². The number of nitrogens with one attached hydrogen (secondary N) is 2. The minimum absolute atomic E-state index is 0. The predicted octanol–water partition coefficient (Wildman–Crippen LogP) is 3.17. The maximum Gasteiger partial charge on any atom is 0.191 e. The van der Waals surface area contributed by atoms with Crippen molar-refractivity contribution in [3.05, 3.63) is 30.3 Å². The third-order valence-corrected chi connectivity index (χ3v) is 4.80. The Morgan fingerprint density at radius 2 is 1.73 bits per heavy atom. The van der Waals surface area contributed by atoms with Crippen LogP contribution in [-0.4, -0.2) is 64.2 Å². The standard InChI is InChI=1S/C20H35N5.HI/c1-21-20(23-14-18-25-16-8-4-9-17-25)22-13-7-10-15-24(2)19-11-5-3-6-12-19;/h3,5-6,11-12H,4,7-10,13-18H2,1-2H3,(H2,21,22,23);1H. The number of guanidine groups is 1. The van der Waals surface area contributed by atoms with Crippen LogP contribution >= 0.6 is 24.0 Å². The first-order valence-electron chi connectivity index (χ1n) is 9.72. The number of halogens is 1. The van der Waals surface area contributed by atoms with Crippen LogP contribution in [0.2, 0.25) is 0 Å². The summed E-state index contributed by atoms with van der Waals surface area (Å²) in [4.78, 5) is 9.17. The van der Waals surface area contributed by atoms with Crippen molar-refractivity contribution < 1.29 is 0 Å². The van der Waals surface area contributed by atoms with E-state index in [4.69, 9.17) is 0 Å². The van der Waals surface area contributed by atoms with E-state index in [2.05, 4.69) is 62.8 Å². The summed E-state index contributed by atoms with van der Waals surface area (Å²) >= 11 is 0. The van der Waals surface area contributed by atoms with Gasteiger partial charge in [-0.1, -0.05) is 24.6 Å². The van der Waals surface area contributed by atoms with Gasteiger partial charge in [0, 0.05) is 46.0 Å². The first-order chi connectivity index (χ1) is 12.3. The number of nitrogens with zero attached hydrogens (tertiary/aromatic N) is 3. The molecule has 1 aliphatic heterocycles. The molecule has 2 rings (SSSR count). The fourth-order valence-corrected chi connectivity index (χ4v) is 3.23. The first-order valence-corrected chi connectivity index (χ1v) is 9.72. The van der Waals surface area contributed by atoms with Gasteiger partial charge in [-0.3, -0.25) is 4.99 Å². The van der Waals surface area contributed by atoms with Crippen LogP contribution in [0.5, 0.6) is 0 Å². The molecule has 6 heteroatoms. The van der Waals surface area contributed by atoms with Gasteiger partial charge in [-0.25, -0.2) is 0 Å². The van der Waals surface area contributed by atoms with E-state index >= 15 is 0 Å². The lowest BCUT2D eigenvalue weighted by molar-refractivity contribution is 0.232. The zero-order valence-electron chi connectivity index (χ0n) is 16.4. The highest BCUT2D eigenvalue weighted by molar-refractivity contribution is 14.0. The van der Waals surface area contributed by atoms with Gasteiger partial charge in [0.15, 0.2) is 5.96 Å². The van der Waals surface area contributed by atoms with E-state index in [0.29, 0.717) is 0 Å². The fraction of sp³-hybridized carbons (Fsp3) is 0.650. The highest BCUT2D eigenvalue weighted by atomic mass is 127. The van der Waals surface area contributed by atoms with Gasteiger partial charge in [0.05, 0.1) is 0 Å². The molecule has 5 nitrogen and oxygen atoms in total. The molecule has 0 radical (unpaired) electrons. The average Bonchev–Trinajstić information content (AvgIpc) is 2.67. The van der Waals surface area contributed by atoms with E-state index < -0.39 is 0 Å². The van der Waals surface area contributed by atoms with Crippen LogP contribution in [-0.2, 0) is 0 Å². The molecule has 0 spiro atoms. The molecule has 0 saturated carbocycles. The summed E-state index contributed by atoms with van der Waals surface area (Å²) in [7, 11) is 4.00. The van der Waals surface area contributed by atoms with Crippen LogP contribution < -0.4 is 15.5 Å². The molecule has 1 aliphatic rings. The SMILES string of the molecule is CN=C(NCCCCN(C)c1ccccc1)NCCN1CCCCC1.I. The zero-order valence-corrected chi connectivity index (χ0v) is 18.7. The van der Waals surface area contributed by atoms with Gasteiger partial charge in [0.25, 0.3) is 0 Å². The van der Waals surface area contributed by atoms with Gasteiger partial charge in [0.2, 0.25) is 0 Å². The Morgan fingerprint density at radius 1 is 1.04 bits per heavy atom. The molecule has 1 saturated heterocycles. The summed E-state index contributed by atoms with van der Waals surface area (Å²) in [5.41, 5.74) is 1.28. The van der Waals surface area contributed by atoms with Gasteiger partial charge in [-0.2, -0.15) is 0 Å². The Kier molecular flexibility index (Phi) is 12.5. The van der Waals surface area contributed by atoms with Crippen molar-refractivity contribution in [2.75, 3.05) is 58.3 Å². The molecule has 1 aromatic rings. The fourth-order valence-electron chi connectivity index (χ4n) is 3.23. The number of unbranched alkanes of at least 4 members (excludes halogenated alkanes) is 1. The smallest absolute Gasteiger partial charge is 0.191 e. The highest BCUT2D eigenvalue weighted by Gasteiger charge is 2.09. The molecule has 0 unspecified atom stereocenters. The Bertz CT molecular complexity index is 488. The summed E-state index contributed by atoms with van der Waals surface area (Å²) < 4.78 is 0. The molecule has 1 fully saturated rings. The first kappa shape index (κ1) is 23.0. The number of benzene rings is 1. The quantitative estimate of drug-likeness (QED) is 0.250. The second-order valence-electron chi connectivity index (χ2n) is 6.79. The molecule has 2 N–H and O–H groups in total. The third-order valence-electron chi connectivity index (χ3n) is 4.80. The van der Waals surface area contributed by atoms with Crippen LogP contribution in [0, 0.1) is 0 Å². The second-order valence-corrected chi connectivity index (χ2v) is 6.79. The maximum atomic E-state index is 4.32. The number of aliphatic imine (C=N–C) groups is 1.